The van der Waals surface area contributed by atoms with Crippen LogP contribution < -0.4 is 5.73 Å². The molecule has 0 aliphatic heterocycles. The number of hydrogen-bond acceptors (Lipinski definition) is 4. The number of aryl methyl sites for hydroxylation is 3. The lowest BCUT2D eigenvalue weighted by molar-refractivity contribution is 0.733. The Kier molecular flexibility index (Phi) is 3.31. The van der Waals surface area contributed by atoms with Crippen molar-refractivity contribution >= 4 is 0 Å². The van der Waals surface area contributed by atoms with Gasteiger partial charge in [-0.15, -0.1) is 5.10 Å². The van der Waals surface area contributed by atoms with Crippen LogP contribution in [0.1, 0.15) is 22.9 Å². The second-order valence-electron chi connectivity index (χ2n) is 4.96. The van der Waals surface area contributed by atoms with Crippen molar-refractivity contribution in [2.75, 3.05) is 0 Å². The molecule has 3 rings (SSSR count). The van der Waals surface area contributed by atoms with E-state index in [1.807, 2.05) is 60.5 Å². The molecule has 108 valence electrons. The third-order valence-corrected chi connectivity index (χ3v) is 3.44. The van der Waals surface area contributed by atoms with Crippen molar-refractivity contribution in [2.24, 2.45) is 5.73 Å². The van der Waals surface area contributed by atoms with Gasteiger partial charge in [0.2, 0.25) is 0 Å². The van der Waals surface area contributed by atoms with Gasteiger partial charge in [-0.1, -0.05) is 18.2 Å². The highest BCUT2D eigenvalue weighted by Gasteiger charge is 2.19. The van der Waals surface area contributed by atoms with Crippen LogP contribution in [0.3, 0.4) is 0 Å². The van der Waals surface area contributed by atoms with Gasteiger partial charge in [-0.25, -0.2) is 9.67 Å². The Balaban J connectivity index is 2.30. The van der Waals surface area contributed by atoms with Crippen molar-refractivity contribution in [3.8, 4) is 11.5 Å². The number of aromatic nitrogens is 5. The van der Waals surface area contributed by atoms with E-state index in [1.165, 1.54) is 0 Å². The zero-order valence-electron chi connectivity index (χ0n) is 12.4. The van der Waals surface area contributed by atoms with E-state index in [2.05, 4.69) is 15.2 Å². The first-order chi connectivity index (χ1) is 10.1. The van der Waals surface area contributed by atoms with Gasteiger partial charge in [-0.2, -0.15) is 9.78 Å². The fourth-order valence-electron chi connectivity index (χ4n) is 2.47. The number of nitrogens with two attached hydrogens (primary N) is 1. The van der Waals surface area contributed by atoms with Gasteiger partial charge in [0.05, 0.1) is 11.4 Å². The average Bonchev–Trinajstić information content (AvgIpc) is 2.98. The van der Waals surface area contributed by atoms with E-state index in [0.717, 1.165) is 34.4 Å². The van der Waals surface area contributed by atoms with Crippen LogP contribution in [-0.4, -0.2) is 24.5 Å². The smallest absolute Gasteiger partial charge is 0.164 e. The molecule has 2 heterocycles. The van der Waals surface area contributed by atoms with Gasteiger partial charge in [0, 0.05) is 12.1 Å². The summed E-state index contributed by atoms with van der Waals surface area (Å²) in [6.45, 7) is 6.18. The topological polar surface area (TPSA) is 74.6 Å². The molecular weight excluding hydrogens is 264 g/mol. The van der Waals surface area contributed by atoms with Gasteiger partial charge in [-0.05, 0) is 32.9 Å². The fourth-order valence-corrected chi connectivity index (χ4v) is 2.47. The first kappa shape index (κ1) is 13.5. The second kappa shape index (κ2) is 5.14. The van der Waals surface area contributed by atoms with Gasteiger partial charge in [0.1, 0.15) is 11.6 Å². The molecule has 1 aromatic carbocycles. The molecule has 0 aliphatic carbocycles. The fraction of sp³-hybridized carbons (Fsp3) is 0.267. The van der Waals surface area contributed by atoms with Crippen molar-refractivity contribution in [2.45, 2.75) is 27.3 Å². The Labute approximate surface area is 123 Å². The summed E-state index contributed by atoms with van der Waals surface area (Å²) in [7, 11) is 0. The van der Waals surface area contributed by atoms with E-state index in [4.69, 9.17) is 5.73 Å². The van der Waals surface area contributed by atoms with E-state index in [9.17, 15) is 0 Å². The molecule has 0 saturated carbocycles. The Morgan fingerprint density at radius 3 is 2.29 bits per heavy atom. The normalized spacial score (nSPS) is 11.0. The largest absolute Gasteiger partial charge is 0.326 e. The number of para-hydroxylation sites is 1. The van der Waals surface area contributed by atoms with Crippen molar-refractivity contribution in [3.63, 3.8) is 0 Å². The number of rotatable bonds is 3. The SMILES string of the molecule is Cc1nc(C)n(-c2c(CN)c(C)nn2-c2ccccc2)n1. The molecular formula is C15H18N6. The summed E-state index contributed by atoms with van der Waals surface area (Å²) in [5, 5.41) is 9.10. The Morgan fingerprint density at radius 2 is 1.71 bits per heavy atom. The van der Waals surface area contributed by atoms with Crippen molar-refractivity contribution in [1.82, 2.24) is 24.5 Å². The maximum atomic E-state index is 5.92. The predicted octanol–water partition coefficient (Wildman–Crippen LogP) is 1.84. The number of benzene rings is 1. The molecule has 6 heteroatoms. The summed E-state index contributed by atoms with van der Waals surface area (Å²) < 4.78 is 3.68. The van der Waals surface area contributed by atoms with Crippen molar-refractivity contribution in [1.29, 1.82) is 0 Å². The third-order valence-electron chi connectivity index (χ3n) is 3.44. The van der Waals surface area contributed by atoms with E-state index in [-0.39, 0.29) is 0 Å². The summed E-state index contributed by atoms with van der Waals surface area (Å²) in [4.78, 5) is 4.38. The molecule has 0 saturated heterocycles. The predicted molar refractivity (Wildman–Crippen MR) is 80.6 cm³/mol. The number of nitrogens with zero attached hydrogens (tertiary/aromatic N) is 5. The second-order valence-corrected chi connectivity index (χ2v) is 4.96. The zero-order valence-corrected chi connectivity index (χ0v) is 12.4. The number of hydrogen-bond donors (Lipinski definition) is 1. The molecule has 0 unspecified atom stereocenters. The zero-order chi connectivity index (χ0) is 15.0. The lowest BCUT2D eigenvalue weighted by Crippen LogP contribution is -2.11. The highest BCUT2D eigenvalue weighted by molar-refractivity contribution is 5.45. The minimum Gasteiger partial charge on any atom is -0.326 e. The van der Waals surface area contributed by atoms with E-state index < -0.39 is 0 Å². The molecule has 2 aromatic heterocycles. The maximum Gasteiger partial charge on any atom is 0.164 e. The molecule has 0 aliphatic rings. The van der Waals surface area contributed by atoms with Gasteiger partial charge in [0.25, 0.3) is 0 Å². The van der Waals surface area contributed by atoms with Crippen LogP contribution in [0.2, 0.25) is 0 Å². The van der Waals surface area contributed by atoms with Gasteiger partial charge < -0.3 is 5.73 Å². The highest BCUT2D eigenvalue weighted by atomic mass is 15.4. The monoisotopic (exact) mass is 282 g/mol. The Hall–Kier alpha value is -2.47. The van der Waals surface area contributed by atoms with Crippen LogP contribution in [0.15, 0.2) is 30.3 Å². The molecule has 0 spiro atoms. The Bertz CT molecular complexity index is 769. The van der Waals surface area contributed by atoms with E-state index in [0.29, 0.717) is 6.54 Å². The van der Waals surface area contributed by atoms with E-state index in [1.54, 1.807) is 0 Å². The average molecular weight is 282 g/mol. The summed E-state index contributed by atoms with van der Waals surface area (Å²) in [6.07, 6.45) is 0. The molecule has 0 bridgehead atoms. The molecule has 0 amide bonds. The van der Waals surface area contributed by atoms with Gasteiger partial charge in [-0.3, -0.25) is 0 Å². The first-order valence-electron chi connectivity index (χ1n) is 6.86. The van der Waals surface area contributed by atoms with Crippen LogP contribution in [0.4, 0.5) is 0 Å². The lowest BCUT2D eigenvalue weighted by Gasteiger charge is -2.10. The van der Waals surface area contributed by atoms with E-state index >= 15 is 0 Å². The quantitative estimate of drug-likeness (QED) is 0.795. The third kappa shape index (κ3) is 2.23. The van der Waals surface area contributed by atoms with Gasteiger partial charge >= 0.3 is 0 Å². The minimum atomic E-state index is 0.409. The van der Waals surface area contributed by atoms with Crippen LogP contribution in [-0.2, 0) is 6.54 Å². The van der Waals surface area contributed by atoms with Crippen LogP contribution in [0.25, 0.3) is 11.5 Å². The summed E-state index contributed by atoms with van der Waals surface area (Å²) in [5.74, 6) is 2.41. The van der Waals surface area contributed by atoms with Crippen molar-refractivity contribution < 1.29 is 0 Å². The summed E-state index contributed by atoms with van der Waals surface area (Å²) in [5.41, 5.74) is 8.78. The van der Waals surface area contributed by atoms with Crippen LogP contribution in [0.5, 0.6) is 0 Å². The standard InChI is InChI=1S/C15H18N6/c1-10-14(9-16)15(20-12(3)17-11(2)19-20)21(18-10)13-7-5-4-6-8-13/h4-8H,9,16H2,1-3H3. The Morgan fingerprint density at radius 1 is 1.00 bits per heavy atom. The lowest BCUT2D eigenvalue weighted by atomic mass is 10.2. The summed E-state index contributed by atoms with van der Waals surface area (Å²) in [6, 6.07) is 9.97. The first-order valence-corrected chi connectivity index (χ1v) is 6.86. The van der Waals surface area contributed by atoms with Crippen molar-refractivity contribution in [3.05, 3.63) is 53.2 Å². The molecule has 6 nitrogen and oxygen atoms in total. The van der Waals surface area contributed by atoms with Crippen LogP contribution >= 0.6 is 0 Å². The summed E-state index contributed by atoms with van der Waals surface area (Å²) >= 11 is 0. The maximum absolute atomic E-state index is 5.92. The van der Waals surface area contributed by atoms with Crippen LogP contribution in [0, 0.1) is 20.8 Å². The molecule has 2 N–H and O–H groups in total. The molecule has 0 atom stereocenters. The molecule has 21 heavy (non-hydrogen) atoms. The minimum absolute atomic E-state index is 0.409. The highest BCUT2D eigenvalue weighted by Crippen LogP contribution is 2.22. The molecule has 3 aromatic rings. The van der Waals surface area contributed by atoms with Gasteiger partial charge in [0.15, 0.2) is 5.82 Å². The molecule has 0 fully saturated rings. The molecule has 0 radical (unpaired) electrons.